The fourth-order valence-corrected chi connectivity index (χ4v) is 4.42. The molecule has 1 atom stereocenters. The number of fused-ring (bicyclic) bond motifs is 1. The average Bonchev–Trinajstić information content (AvgIpc) is 3.28. The molecule has 4 rings (SSSR count). The molecule has 1 saturated heterocycles. The number of aromatic amines is 1. The Hall–Kier alpha value is -2.55. The first-order chi connectivity index (χ1) is 14.2. The summed E-state index contributed by atoms with van der Waals surface area (Å²) < 4.78 is 5.46. The summed E-state index contributed by atoms with van der Waals surface area (Å²) in [6.45, 7) is 3.72. The number of nitrogens with zero attached hydrogens (tertiary/aromatic N) is 2. The lowest BCUT2D eigenvalue weighted by Crippen LogP contribution is -2.43. The van der Waals surface area contributed by atoms with Gasteiger partial charge >= 0.3 is 0 Å². The van der Waals surface area contributed by atoms with Crippen molar-refractivity contribution in [3.63, 3.8) is 0 Å². The number of benzene rings is 1. The van der Waals surface area contributed by atoms with Crippen LogP contribution >= 0.6 is 11.3 Å². The third kappa shape index (κ3) is 4.90. The molecular formula is C21H24N4O3S. The van der Waals surface area contributed by atoms with Gasteiger partial charge in [-0.1, -0.05) is 18.2 Å². The van der Waals surface area contributed by atoms with Gasteiger partial charge in [0.2, 0.25) is 5.91 Å². The normalized spacial score (nSPS) is 16.0. The number of amides is 1. The molecule has 7 nitrogen and oxygen atoms in total. The maximum atomic E-state index is 12.5. The van der Waals surface area contributed by atoms with Gasteiger partial charge in [-0.2, -0.15) is 0 Å². The predicted octanol–water partition coefficient (Wildman–Crippen LogP) is 2.11. The molecule has 152 valence electrons. The lowest BCUT2D eigenvalue weighted by Gasteiger charge is -2.34. The van der Waals surface area contributed by atoms with Crippen LogP contribution in [0.25, 0.3) is 10.9 Å². The van der Waals surface area contributed by atoms with Crippen molar-refractivity contribution in [1.29, 1.82) is 0 Å². The summed E-state index contributed by atoms with van der Waals surface area (Å²) in [5, 5.41) is 5.68. The Balaban J connectivity index is 1.36. The Kier molecular flexibility index (Phi) is 6.33. The number of rotatable bonds is 7. The van der Waals surface area contributed by atoms with Gasteiger partial charge in [0.1, 0.15) is 5.82 Å². The maximum Gasteiger partial charge on any atom is 0.258 e. The van der Waals surface area contributed by atoms with E-state index in [0.717, 1.165) is 26.3 Å². The summed E-state index contributed by atoms with van der Waals surface area (Å²) in [7, 11) is 0. The lowest BCUT2D eigenvalue weighted by molar-refractivity contribution is -0.121. The number of ether oxygens (including phenoxy) is 1. The summed E-state index contributed by atoms with van der Waals surface area (Å²) in [5.74, 6) is 0.488. The molecule has 0 unspecified atom stereocenters. The predicted molar refractivity (Wildman–Crippen MR) is 113 cm³/mol. The van der Waals surface area contributed by atoms with Gasteiger partial charge in [0, 0.05) is 37.4 Å². The van der Waals surface area contributed by atoms with E-state index in [2.05, 4.69) is 31.6 Å². The first-order valence-corrected chi connectivity index (χ1v) is 10.7. The van der Waals surface area contributed by atoms with E-state index < -0.39 is 0 Å². The molecule has 3 heterocycles. The standard InChI is InChI=1S/C21H24N4O3S/c26-20(8-7-19-23-16-5-2-1-4-15(16)21(27)24-19)22-14-17(18-6-3-13-29-18)25-9-11-28-12-10-25/h1-6,13,17H,7-12,14H2,(H,22,26)(H,23,24,27)/t17-/m0/s1. The van der Waals surface area contributed by atoms with Crippen molar-refractivity contribution >= 4 is 28.1 Å². The molecule has 1 fully saturated rings. The summed E-state index contributed by atoms with van der Waals surface area (Å²) in [5.41, 5.74) is 0.479. The monoisotopic (exact) mass is 412 g/mol. The van der Waals surface area contributed by atoms with Crippen molar-refractivity contribution in [3.8, 4) is 0 Å². The zero-order chi connectivity index (χ0) is 20.1. The molecule has 8 heteroatoms. The van der Waals surface area contributed by atoms with E-state index in [4.69, 9.17) is 4.74 Å². The highest BCUT2D eigenvalue weighted by molar-refractivity contribution is 7.10. The van der Waals surface area contributed by atoms with Crippen LogP contribution < -0.4 is 10.9 Å². The van der Waals surface area contributed by atoms with E-state index in [0.29, 0.717) is 29.7 Å². The minimum atomic E-state index is -0.170. The summed E-state index contributed by atoms with van der Waals surface area (Å²) in [4.78, 5) is 35.4. The second-order valence-electron chi connectivity index (χ2n) is 7.01. The van der Waals surface area contributed by atoms with Crippen LogP contribution in [-0.2, 0) is 16.0 Å². The molecule has 3 aromatic rings. The fourth-order valence-electron chi connectivity index (χ4n) is 3.56. The lowest BCUT2D eigenvalue weighted by atomic mass is 10.1. The largest absolute Gasteiger partial charge is 0.379 e. The van der Waals surface area contributed by atoms with Crippen LogP contribution in [0.5, 0.6) is 0 Å². The molecule has 0 bridgehead atoms. The van der Waals surface area contributed by atoms with E-state index in [9.17, 15) is 9.59 Å². The van der Waals surface area contributed by atoms with Gasteiger partial charge in [-0.3, -0.25) is 14.5 Å². The van der Waals surface area contributed by atoms with Gasteiger partial charge < -0.3 is 15.0 Å². The number of hydrogen-bond acceptors (Lipinski definition) is 6. The minimum absolute atomic E-state index is 0.0457. The van der Waals surface area contributed by atoms with Gasteiger partial charge in [-0.15, -0.1) is 11.3 Å². The van der Waals surface area contributed by atoms with E-state index >= 15 is 0 Å². The Morgan fingerprint density at radius 3 is 2.86 bits per heavy atom. The fraction of sp³-hybridized carbons (Fsp3) is 0.381. The number of aryl methyl sites for hydroxylation is 1. The van der Waals surface area contributed by atoms with E-state index in [1.807, 2.05) is 24.3 Å². The first-order valence-electron chi connectivity index (χ1n) is 9.80. The molecule has 0 spiro atoms. The van der Waals surface area contributed by atoms with Crippen molar-refractivity contribution in [2.45, 2.75) is 18.9 Å². The van der Waals surface area contributed by atoms with E-state index in [-0.39, 0.29) is 23.9 Å². The molecule has 1 amide bonds. The number of H-pyrrole nitrogens is 1. The van der Waals surface area contributed by atoms with Crippen LogP contribution in [0.4, 0.5) is 0 Å². The zero-order valence-corrected chi connectivity index (χ0v) is 16.9. The average molecular weight is 413 g/mol. The van der Waals surface area contributed by atoms with E-state index in [1.165, 1.54) is 4.88 Å². The molecule has 2 N–H and O–H groups in total. The molecule has 1 aliphatic rings. The second kappa shape index (κ2) is 9.30. The quantitative estimate of drug-likeness (QED) is 0.621. The van der Waals surface area contributed by atoms with Gasteiger partial charge in [-0.25, -0.2) is 4.98 Å². The van der Waals surface area contributed by atoms with Gasteiger partial charge in [0.25, 0.3) is 5.56 Å². The smallest absolute Gasteiger partial charge is 0.258 e. The van der Waals surface area contributed by atoms with Gasteiger partial charge in [0.15, 0.2) is 0 Å². The molecule has 0 saturated carbocycles. The summed E-state index contributed by atoms with van der Waals surface area (Å²) in [6.07, 6.45) is 0.675. The molecule has 2 aromatic heterocycles. The van der Waals surface area contributed by atoms with Crippen LogP contribution in [0.15, 0.2) is 46.6 Å². The van der Waals surface area contributed by atoms with Crippen LogP contribution in [0.2, 0.25) is 0 Å². The van der Waals surface area contributed by atoms with Crippen LogP contribution in [-0.4, -0.2) is 53.6 Å². The minimum Gasteiger partial charge on any atom is -0.379 e. The summed E-state index contributed by atoms with van der Waals surface area (Å²) in [6, 6.07) is 11.5. The Morgan fingerprint density at radius 2 is 2.07 bits per heavy atom. The number of hydrogen-bond donors (Lipinski definition) is 2. The highest BCUT2D eigenvalue weighted by Gasteiger charge is 2.23. The molecule has 1 aromatic carbocycles. The summed E-state index contributed by atoms with van der Waals surface area (Å²) >= 11 is 1.71. The number of carbonyl (C=O) groups excluding carboxylic acids is 1. The Morgan fingerprint density at radius 1 is 1.24 bits per heavy atom. The number of carbonyl (C=O) groups is 1. The number of aromatic nitrogens is 2. The maximum absolute atomic E-state index is 12.5. The Labute approximate surface area is 172 Å². The van der Waals surface area contributed by atoms with Crippen LogP contribution in [0.3, 0.4) is 0 Å². The van der Waals surface area contributed by atoms with E-state index in [1.54, 1.807) is 17.4 Å². The van der Waals surface area contributed by atoms with Crippen molar-refractivity contribution in [1.82, 2.24) is 20.2 Å². The molecule has 0 radical (unpaired) electrons. The number of nitrogens with one attached hydrogen (secondary N) is 2. The molecule has 1 aliphatic heterocycles. The van der Waals surface area contributed by atoms with Crippen molar-refractivity contribution < 1.29 is 9.53 Å². The number of thiophene rings is 1. The van der Waals surface area contributed by atoms with Crippen LogP contribution in [0.1, 0.15) is 23.2 Å². The number of morpholine rings is 1. The topological polar surface area (TPSA) is 87.3 Å². The van der Waals surface area contributed by atoms with Gasteiger partial charge in [0.05, 0.1) is 30.2 Å². The van der Waals surface area contributed by atoms with Gasteiger partial charge in [-0.05, 0) is 23.6 Å². The third-order valence-electron chi connectivity index (χ3n) is 5.10. The molecule has 29 heavy (non-hydrogen) atoms. The third-order valence-corrected chi connectivity index (χ3v) is 6.07. The second-order valence-corrected chi connectivity index (χ2v) is 7.99. The first kappa shape index (κ1) is 19.8. The molecule has 0 aliphatic carbocycles. The highest BCUT2D eigenvalue weighted by Crippen LogP contribution is 2.25. The highest BCUT2D eigenvalue weighted by atomic mass is 32.1. The Bertz CT molecular complexity index is 1010. The zero-order valence-electron chi connectivity index (χ0n) is 16.1. The SMILES string of the molecule is O=C(CCc1nc2ccccc2c(=O)[nH]1)NC[C@@H](c1cccs1)N1CCOCC1. The van der Waals surface area contributed by atoms with Crippen molar-refractivity contribution in [2.75, 3.05) is 32.8 Å². The molecular weight excluding hydrogens is 388 g/mol. The van der Waals surface area contributed by atoms with Crippen LogP contribution in [0, 0.1) is 0 Å². The van der Waals surface area contributed by atoms with Crippen molar-refractivity contribution in [2.24, 2.45) is 0 Å². The van der Waals surface area contributed by atoms with Crippen molar-refractivity contribution in [3.05, 3.63) is 62.8 Å². The number of para-hydroxylation sites is 1.